The smallest absolute Gasteiger partial charge is 0.258 e. The lowest BCUT2D eigenvalue weighted by atomic mass is 10.1. The highest BCUT2D eigenvalue weighted by Gasteiger charge is 2.11. The number of pyridine rings is 1. The van der Waals surface area contributed by atoms with Gasteiger partial charge in [-0.1, -0.05) is 5.16 Å². The SMILES string of the molecule is Cc1cc(C)c2c(CCCN)noc2n1. The van der Waals surface area contributed by atoms with Crippen molar-refractivity contribution in [2.45, 2.75) is 26.7 Å². The quantitative estimate of drug-likeness (QED) is 0.828. The summed E-state index contributed by atoms with van der Waals surface area (Å²) in [4.78, 5) is 4.30. The molecule has 2 N–H and O–H groups in total. The molecule has 0 fully saturated rings. The van der Waals surface area contributed by atoms with Gasteiger partial charge in [0.1, 0.15) is 0 Å². The van der Waals surface area contributed by atoms with E-state index in [4.69, 9.17) is 10.3 Å². The van der Waals surface area contributed by atoms with Crippen LogP contribution >= 0.6 is 0 Å². The van der Waals surface area contributed by atoms with Crippen LogP contribution in [-0.4, -0.2) is 16.7 Å². The van der Waals surface area contributed by atoms with Gasteiger partial charge in [-0.25, -0.2) is 4.98 Å². The lowest BCUT2D eigenvalue weighted by molar-refractivity contribution is 0.437. The van der Waals surface area contributed by atoms with Gasteiger partial charge in [0.2, 0.25) is 0 Å². The summed E-state index contributed by atoms with van der Waals surface area (Å²) in [6.45, 7) is 4.68. The third-order valence-electron chi connectivity index (χ3n) is 2.46. The van der Waals surface area contributed by atoms with E-state index in [1.54, 1.807) is 0 Å². The topological polar surface area (TPSA) is 64.9 Å². The number of rotatable bonds is 3. The first-order valence-corrected chi connectivity index (χ1v) is 5.15. The molecule has 0 aliphatic heterocycles. The lowest BCUT2D eigenvalue weighted by Crippen LogP contribution is -2.00. The molecule has 0 aliphatic rings. The van der Waals surface area contributed by atoms with Crippen LogP contribution in [0.25, 0.3) is 11.1 Å². The Bertz CT molecular complexity index is 476. The van der Waals surface area contributed by atoms with Crippen molar-refractivity contribution in [1.29, 1.82) is 0 Å². The number of hydrogen-bond acceptors (Lipinski definition) is 4. The van der Waals surface area contributed by atoms with Crippen LogP contribution in [0.2, 0.25) is 0 Å². The average molecular weight is 205 g/mol. The molecule has 0 aliphatic carbocycles. The summed E-state index contributed by atoms with van der Waals surface area (Å²) in [5.41, 5.74) is 9.22. The van der Waals surface area contributed by atoms with E-state index in [2.05, 4.69) is 17.1 Å². The van der Waals surface area contributed by atoms with E-state index in [1.165, 1.54) is 5.56 Å². The van der Waals surface area contributed by atoms with Crippen molar-refractivity contribution in [2.24, 2.45) is 5.73 Å². The number of fused-ring (bicyclic) bond motifs is 1. The fraction of sp³-hybridized carbons (Fsp3) is 0.455. The molecule has 0 unspecified atom stereocenters. The van der Waals surface area contributed by atoms with Crippen LogP contribution in [0, 0.1) is 13.8 Å². The number of nitrogens with zero attached hydrogens (tertiary/aromatic N) is 2. The van der Waals surface area contributed by atoms with Gasteiger partial charge in [-0.15, -0.1) is 0 Å². The van der Waals surface area contributed by atoms with E-state index in [-0.39, 0.29) is 0 Å². The maximum atomic E-state index is 5.48. The van der Waals surface area contributed by atoms with Crippen LogP contribution in [0.3, 0.4) is 0 Å². The van der Waals surface area contributed by atoms with Crippen molar-refractivity contribution < 1.29 is 4.52 Å². The maximum Gasteiger partial charge on any atom is 0.258 e. The molecule has 0 radical (unpaired) electrons. The van der Waals surface area contributed by atoms with Crippen molar-refractivity contribution in [2.75, 3.05) is 6.54 Å². The van der Waals surface area contributed by atoms with E-state index in [9.17, 15) is 0 Å². The fourth-order valence-electron chi connectivity index (χ4n) is 1.80. The van der Waals surface area contributed by atoms with Gasteiger partial charge in [0.15, 0.2) is 0 Å². The first kappa shape index (κ1) is 10.1. The molecule has 0 atom stereocenters. The standard InChI is InChI=1S/C11H15N3O/c1-7-6-8(2)13-11-10(7)9(14-15-11)4-3-5-12/h6H,3-5,12H2,1-2H3. The molecule has 2 aromatic rings. The summed E-state index contributed by atoms with van der Waals surface area (Å²) in [6.07, 6.45) is 1.78. The van der Waals surface area contributed by atoms with Gasteiger partial charge in [-0.3, -0.25) is 0 Å². The zero-order valence-electron chi connectivity index (χ0n) is 9.08. The number of aromatic nitrogens is 2. The van der Waals surface area contributed by atoms with E-state index in [1.807, 2.05) is 13.0 Å². The minimum absolute atomic E-state index is 0.638. The molecule has 2 heterocycles. The second kappa shape index (κ2) is 3.98. The molecule has 15 heavy (non-hydrogen) atoms. The molecule has 0 aromatic carbocycles. The van der Waals surface area contributed by atoms with Crippen LogP contribution in [0.15, 0.2) is 10.6 Å². The number of nitrogens with two attached hydrogens (primary N) is 1. The summed E-state index contributed by atoms with van der Waals surface area (Å²) in [5.74, 6) is 0. The third-order valence-corrected chi connectivity index (χ3v) is 2.46. The maximum absolute atomic E-state index is 5.48. The van der Waals surface area contributed by atoms with E-state index < -0.39 is 0 Å². The van der Waals surface area contributed by atoms with Crippen LogP contribution < -0.4 is 5.73 Å². The zero-order chi connectivity index (χ0) is 10.8. The summed E-state index contributed by atoms with van der Waals surface area (Å²) in [6, 6.07) is 2.05. The average Bonchev–Trinajstić information content (AvgIpc) is 2.58. The third kappa shape index (κ3) is 1.85. The Kier molecular flexibility index (Phi) is 2.68. The van der Waals surface area contributed by atoms with Gasteiger partial charge in [-0.05, 0) is 44.9 Å². The minimum atomic E-state index is 0.638. The highest BCUT2D eigenvalue weighted by molar-refractivity contribution is 5.79. The molecular weight excluding hydrogens is 190 g/mol. The highest BCUT2D eigenvalue weighted by Crippen LogP contribution is 2.22. The summed E-state index contributed by atoms with van der Waals surface area (Å²) in [5, 5.41) is 5.09. The predicted molar refractivity (Wildman–Crippen MR) is 58.7 cm³/mol. The van der Waals surface area contributed by atoms with Gasteiger partial charge in [-0.2, -0.15) is 0 Å². The molecule has 80 valence electrons. The Labute approximate surface area is 88.5 Å². The fourth-order valence-corrected chi connectivity index (χ4v) is 1.80. The van der Waals surface area contributed by atoms with Crippen LogP contribution in [-0.2, 0) is 6.42 Å². The molecule has 4 nitrogen and oxygen atoms in total. The van der Waals surface area contributed by atoms with E-state index in [0.717, 1.165) is 29.6 Å². The monoisotopic (exact) mass is 205 g/mol. The summed E-state index contributed by atoms with van der Waals surface area (Å²) < 4.78 is 5.21. The van der Waals surface area contributed by atoms with Crippen molar-refractivity contribution in [3.8, 4) is 0 Å². The van der Waals surface area contributed by atoms with Gasteiger partial charge in [0.25, 0.3) is 5.71 Å². The zero-order valence-corrected chi connectivity index (χ0v) is 9.08. The molecule has 0 saturated heterocycles. The van der Waals surface area contributed by atoms with Crippen LogP contribution in [0.4, 0.5) is 0 Å². The molecule has 4 heteroatoms. The van der Waals surface area contributed by atoms with Gasteiger partial charge in [0.05, 0.1) is 11.1 Å². The molecule has 0 bridgehead atoms. The molecule has 0 amide bonds. The highest BCUT2D eigenvalue weighted by atomic mass is 16.5. The Morgan fingerprint density at radius 1 is 1.40 bits per heavy atom. The Morgan fingerprint density at radius 3 is 2.93 bits per heavy atom. The summed E-state index contributed by atoms with van der Waals surface area (Å²) >= 11 is 0. The van der Waals surface area contributed by atoms with Crippen molar-refractivity contribution >= 4 is 11.1 Å². The molecular formula is C11H15N3O. The van der Waals surface area contributed by atoms with Crippen molar-refractivity contribution in [1.82, 2.24) is 10.1 Å². The van der Waals surface area contributed by atoms with Gasteiger partial charge >= 0.3 is 0 Å². The van der Waals surface area contributed by atoms with Crippen molar-refractivity contribution in [3.63, 3.8) is 0 Å². The predicted octanol–water partition coefficient (Wildman–Crippen LogP) is 1.73. The molecule has 2 rings (SSSR count). The summed E-state index contributed by atoms with van der Waals surface area (Å²) in [7, 11) is 0. The first-order valence-electron chi connectivity index (χ1n) is 5.15. The molecule has 0 spiro atoms. The van der Waals surface area contributed by atoms with Crippen LogP contribution in [0.5, 0.6) is 0 Å². The largest absolute Gasteiger partial charge is 0.336 e. The second-order valence-corrected chi connectivity index (χ2v) is 3.78. The Hall–Kier alpha value is -1.42. The van der Waals surface area contributed by atoms with Gasteiger partial charge in [0, 0.05) is 5.69 Å². The Morgan fingerprint density at radius 2 is 2.20 bits per heavy atom. The first-order chi connectivity index (χ1) is 7.22. The molecule has 2 aromatic heterocycles. The van der Waals surface area contributed by atoms with E-state index >= 15 is 0 Å². The van der Waals surface area contributed by atoms with E-state index in [0.29, 0.717) is 12.3 Å². The number of hydrogen-bond donors (Lipinski definition) is 1. The van der Waals surface area contributed by atoms with Gasteiger partial charge < -0.3 is 10.3 Å². The number of aryl methyl sites for hydroxylation is 3. The Balaban J connectivity index is 2.49. The minimum Gasteiger partial charge on any atom is -0.336 e. The normalized spacial score (nSPS) is 11.1. The lowest BCUT2D eigenvalue weighted by Gasteiger charge is -1.98. The van der Waals surface area contributed by atoms with Crippen LogP contribution in [0.1, 0.15) is 23.4 Å². The molecule has 0 saturated carbocycles. The second-order valence-electron chi connectivity index (χ2n) is 3.78. The van der Waals surface area contributed by atoms with Crippen molar-refractivity contribution in [3.05, 3.63) is 23.0 Å².